The molecule has 15 heavy (non-hydrogen) atoms. The van der Waals surface area contributed by atoms with Crippen molar-refractivity contribution in [2.24, 2.45) is 0 Å². The summed E-state index contributed by atoms with van der Waals surface area (Å²) in [5.41, 5.74) is 1.08. The molecule has 1 unspecified atom stereocenters. The van der Waals surface area contributed by atoms with Gasteiger partial charge in [0.05, 0.1) is 6.61 Å². The van der Waals surface area contributed by atoms with E-state index >= 15 is 0 Å². The van der Waals surface area contributed by atoms with Crippen LogP contribution in [0.3, 0.4) is 0 Å². The van der Waals surface area contributed by atoms with Gasteiger partial charge in [-0.3, -0.25) is 4.98 Å². The Morgan fingerprint density at radius 1 is 1.53 bits per heavy atom. The van der Waals surface area contributed by atoms with Crippen LogP contribution >= 0.6 is 0 Å². The highest BCUT2D eigenvalue weighted by Gasteiger charge is 2.29. The van der Waals surface area contributed by atoms with Crippen LogP contribution in [0.25, 0.3) is 0 Å². The van der Waals surface area contributed by atoms with Crippen LogP contribution in [0.15, 0.2) is 48.5 Å². The maximum Gasteiger partial charge on any atom is 0.226 e. The summed E-state index contributed by atoms with van der Waals surface area (Å²) >= 11 is 0. The zero-order valence-electron chi connectivity index (χ0n) is 8.02. The van der Waals surface area contributed by atoms with E-state index in [0.29, 0.717) is 11.1 Å². The molecule has 0 spiro atoms. The van der Waals surface area contributed by atoms with Gasteiger partial charge in [-0.25, -0.2) is 4.39 Å². The lowest BCUT2D eigenvalue weighted by Crippen LogP contribution is -2.34. The van der Waals surface area contributed by atoms with E-state index in [1.165, 1.54) is 18.5 Å². The average molecular weight is 206 g/mol. The molecule has 2 rings (SSSR count). The predicted octanol–water partition coefficient (Wildman–Crippen LogP) is 1.24. The normalized spacial score (nSPS) is 24.5. The van der Waals surface area contributed by atoms with E-state index in [0.717, 1.165) is 0 Å². The molecular weight excluding hydrogens is 195 g/mol. The molecule has 78 valence electrons. The van der Waals surface area contributed by atoms with E-state index in [2.05, 4.69) is 10.3 Å². The lowest BCUT2D eigenvalue weighted by molar-refractivity contribution is 0.196. The Kier molecular flexibility index (Phi) is 2.51. The molecular formula is C11H11FN2O. The molecule has 1 aliphatic rings. The first-order valence-corrected chi connectivity index (χ1v) is 4.61. The highest BCUT2D eigenvalue weighted by atomic mass is 19.1. The van der Waals surface area contributed by atoms with Gasteiger partial charge in [-0.05, 0) is 17.7 Å². The number of rotatable bonds is 2. The van der Waals surface area contributed by atoms with Crippen molar-refractivity contribution in [3.05, 3.63) is 54.0 Å². The first-order valence-electron chi connectivity index (χ1n) is 4.61. The van der Waals surface area contributed by atoms with E-state index in [9.17, 15) is 4.39 Å². The van der Waals surface area contributed by atoms with Crippen molar-refractivity contribution in [1.29, 1.82) is 0 Å². The number of pyridine rings is 1. The Hall–Kier alpha value is -1.68. The molecule has 4 heteroatoms. The average Bonchev–Trinajstić information content (AvgIpc) is 2.31. The molecule has 0 radical (unpaired) electrons. The van der Waals surface area contributed by atoms with Crippen molar-refractivity contribution < 1.29 is 9.50 Å². The Balaban J connectivity index is 2.25. The smallest absolute Gasteiger partial charge is 0.226 e. The molecule has 2 N–H and O–H groups in total. The molecule has 0 saturated carbocycles. The number of aliphatic hydroxyl groups is 1. The Bertz CT molecular complexity index is 402. The molecule has 0 saturated heterocycles. The van der Waals surface area contributed by atoms with E-state index in [-0.39, 0.29) is 6.61 Å². The van der Waals surface area contributed by atoms with Crippen LogP contribution in [0.1, 0.15) is 5.56 Å². The van der Waals surface area contributed by atoms with E-state index < -0.39 is 5.79 Å². The van der Waals surface area contributed by atoms with Crippen LogP contribution in [0.5, 0.6) is 0 Å². The predicted molar refractivity (Wildman–Crippen MR) is 54.5 cm³/mol. The van der Waals surface area contributed by atoms with Gasteiger partial charge < -0.3 is 10.4 Å². The van der Waals surface area contributed by atoms with Crippen molar-refractivity contribution >= 4 is 0 Å². The van der Waals surface area contributed by atoms with Crippen LogP contribution in [-0.4, -0.2) is 16.7 Å². The number of aliphatic hydroxyl groups excluding tert-OH is 1. The number of hydrogen-bond donors (Lipinski definition) is 2. The van der Waals surface area contributed by atoms with E-state index in [4.69, 9.17) is 5.11 Å². The quantitative estimate of drug-likeness (QED) is 0.715. The number of alkyl halides is 1. The monoisotopic (exact) mass is 206 g/mol. The Labute approximate surface area is 87.0 Å². The molecule has 1 aromatic heterocycles. The van der Waals surface area contributed by atoms with Crippen molar-refractivity contribution in [2.45, 2.75) is 5.79 Å². The maximum atomic E-state index is 14.3. The Morgan fingerprint density at radius 3 is 2.93 bits per heavy atom. The molecule has 1 atom stereocenters. The lowest BCUT2D eigenvalue weighted by atomic mass is 10.0. The second-order valence-electron chi connectivity index (χ2n) is 3.31. The third-order valence-electron chi connectivity index (χ3n) is 2.26. The van der Waals surface area contributed by atoms with Gasteiger partial charge >= 0.3 is 0 Å². The number of hydrogen-bond acceptors (Lipinski definition) is 3. The van der Waals surface area contributed by atoms with Crippen LogP contribution in [0, 0.1) is 0 Å². The van der Waals surface area contributed by atoms with E-state index in [1.807, 2.05) is 0 Å². The van der Waals surface area contributed by atoms with Gasteiger partial charge in [0, 0.05) is 24.2 Å². The van der Waals surface area contributed by atoms with Crippen molar-refractivity contribution in [1.82, 2.24) is 10.3 Å². The third kappa shape index (κ3) is 1.89. The number of nitrogens with one attached hydrogen (secondary N) is 1. The molecule has 1 aliphatic heterocycles. The summed E-state index contributed by atoms with van der Waals surface area (Å²) in [5.74, 6) is -1.73. The summed E-state index contributed by atoms with van der Waals surface area (Å²) in [4.78, 5) is 3.86. The van der Waals surface area contributed by atoms with Gasteiger partial charge in [0.1, 0.15) is 0 Å². The Morgan fingerprint density at radius 2 is 2.40 bits per heavy atom. The fourth-order valence-electron chi connectivity index (χ4n) is 1.37. The number of dihydropyridines is 1. The van der Waals surface area contributed by atoms with Crippen LogP contribution < -0.4 is 5.32 Å². The summed E-state index contributed by atoms with van der Waals surface area (Å²) in [6.45, 7) is -0.105. The van der Waals surface area contributed by atoms with Crippen molar-refractivity contribution in [3.8, 4) is 0 Å². The lowest BCUT2D eigenvalue weighted by Gasteiger charge is -2.25. The van der Waals surface area contributed by atoms with Gasteiger partial charge in [0.15, 0.2) is 0 Å². The summed E-state index contributed by atoms with van der Waals surface area (Å²) in [6.07, 6.45) is 7.45. The third-order valence-corrected chi connectivity index (χ3v) is 2.26. The van der Waals surface area contributed by atoms with Crippen LogP contribution in [0.4, 0.5) is 4.39 Å². The second kappa shape index (κ2) is 3.82. The van der Waals surface area contributed by atoms with E-state index in [1.54, 1.807) is 24.4 Å². The van der Waals surface area contributed by atoms with Crippen LogP contribution in [0.2, 0.25) is 0 Å². The molecule has 0 aromatic carbocycles. The summed E-state index contributed by atoms with van der Waals surface area (Å²) < 4.78 is 14.3. The molecule has 0 fully saturated rings. The highest BCUT2D eigenvalue weighted by Crippen LogP contribution is 2.26. The van der Waals surface area contributed by atoms with Gasteiger partial charge in [-0.2, -0.15) is 0 Å². The number of nitrogens with zero attached hydrogens (tertiary/aromatic N) is 1. The number of halogens is 1. The molecule has 3 nitrogen and oxygen atoms in total. The minimum Gasteiger partial charge on any atom is -0.392 e. The SMILES string of the molecule is OCC1=CNC(F)(c2cccnc2)C=C1. The maximum absolute atomic E-state index is 14.3. The van der Waals surface area contributed by atoms with Crippen molar-refractivity contribution in [3.63, 3.8) is 0 Å². The zero-order chi connectivity index (χ0) is 10.7. The van der Waals surface area contributed by atoms with Gasteiger partial charge in [-0.15, -0.1) is 0 Å². The van der Waals surface area contributed by atoms with Gasteiger partial charge in [0.2, 0.25) is 5.79 Å². The van der Waals surface area contributed by atoms with Crippen LogP contribution in [-0.2, 0) is 5.79 Å². The summed E-state index contributed by atoms with van der Waals surface area (Å²) in [7, 11) is 0. The first kappa shape index (κ1) is 9.86. The molecule has 0 aliphatic carbocycles. The van der Waals surface area contributed by atoms with Gasteiger partial charge in [0.25, 0.3) is 0 Å². The minimum atomic E-state index is -1.73. The second-order valence-corrected chi connectivity index (χ2v) is 3.31. The highest BCUT2D eigenvalue weighted by molar-refractivity contribution is 5.33. The fraction of sp³-hybridized carbons (Fsp3) is 0.182. The standard InChI is InChI=1S/C11H11FN2O/c12-11(10-2-1-5-13-7-10)4-3-9(8-15)6-14-11/h1-7,14-15H,8H2. The fourth-order valence-corrected chi connectivity index (χ4v) is 1.37. The number of aromatic nitrogens is 1. The minimum absolute atomic E-state index is 0.105. The topological polar surface area (TPSA) is 45.1 Å². The van der Waals surface area contributed by atoms with Crippen molar-refractivity contribution in [2.75, 3.05) is 6.61 Å². The largest absolute Gasteiger partial charge is 0.392 e. The summed E-state index contributed by atoms with van der Waals surface area (Å²) in [6, 6.07) is 3.33. The first-order chi connectivity index (χ1) is 7.24. The molecule has 0 amide bonds. The molecule has 2 heterocycles. The zero-order valence-corrected chi connectivity index (χ0v) is 8.02. The molecule has 0 bridgehead atoms. The van der Waals surface area contributed by atoms with Gasteiger partial charge in [-0.1, -0.05) is 12.1 Å². The molecule has 1 aromatic rings. The summed E-state index contributed by atoms with van der Waals surface area (Å²) in [5, 5.41) is 11.4.